The van der Waals surface area contributed by atoms with Crippen molar-refractivity contribution in [3.63, 3.8) is 0 Å². The van der Waals surface area contributed by atoms with Crippen LogP contribution in [0.5, 0.6) is 0 Å². The molecule has 2 nitrogen and oxygen atoms in total. The first kappa shape index (κ1) is 9.33. The molecule has 0 aliphatic heterocycles. The van der Waals surface area contributed by atoms with Crippen LogP contribution in [0.1, 0.15) is 30.6 Å². The minimum absolute atomic E-state index is 0.0140. The smallest absolute Gasteiger partial charge is 0.203 e. The number of hydrogen-bond donors (Lipinski definition) is 0. The van der Waals surface area contributed by atoms with E-state index in [0.29, 0.717) is 5.56 Å². The topological polar surface area (TPSA) is 30.2 Å². The van der Waals surface area contributed by atoms with Crippen LogP contribution in [0.2, 0.25) is 5.22 Å². The van der Waals surface area contributed by atoms with Gasteiger partial charge in [-0.05, 0) is 24.1 Å². The highest BCUT2D eigenvalue weighted by Gasteiger charge is 2.17. The molecule has 1 unspecified atom stereocenters. The van der Waals surface area contributed by atoms with Gasteiger partial charge in [0.1, 0.15) is 0 Å². The first-order chi connectivity index (χ1) is 5.66. The van der Waals surface area contributed by atoms with Crippen LogP contribution in [0.4, 0.5) is 0 Å². The number of Topliss-reactive ketones (excluding diaryl/α,β-unsaturated/α-hetero) is 1. The van der Waals surface area contributed by atoms with E-state index in [-0.39, 0.29) is 16.9 Å². The van der Waals surface area contributed by atoms with Crippen LogP contribution >= 0.6 is 11.6 Å². The monoisotopic (exact) mass is 186 g/mol. The quantitative estimate of drug-likeness (QED) is 0.679. The van der Waals surface area contributed by atoms with Gasteiger partial charge in [0.2, 0.25) is 5.22 Å². The molecule has 0 radical (unpaired) electrons. The summed E-state index contributed by atoms with van der Waals surface area (Å²) in [4.78, 5) is 11.5. The van der Waals surface area contributed by atoms with Crippen LogP contribution in [0, 0.1) is 5.92 Å². The Kier molecular flexibility index (Phi) is 2.93. The zero-order valence-electron chi connectivity index (χ0n) is 7.13. The normalized spacial score (nSPS) is 12.9. The second-order valence-corrected chi connectivity index (χ2v) is 3.12. The lowest BCUT2D eigenvalue weighted by Crippen LogP contribution is -2.09. The summed E-state index contributed by atoms with van der Waals surface area (Å²) in [5.74, 6) is 0.0661. The fourth-order valence-corrected chi connectivity index (χ4v) is 1.13. The summed E-state index contributed by atoms with van der Waals surface area (Å²) in [6, 6.07) is 1.61. The van der Waals surface area contributed by atoms with Crippen LogP contribution in [0.3, 0.4) is 0 Å². The maximum atomic E-state index is 11.5. The largest absolute Gasteiger partial charge is 0.452 e. The van der Waals surface area contributed by atoms with Crippen LogP contribution in [-0.4, -0.2) is 5.78 Å². The van der Waals surface area contributed by atoms with E-state index in [2.05, 4.69) is 0 Å². The lowest BCUT2D eigenvalue weighted by Gasteiger charge is -2.04. The number of carbonyl (C=O) groups is 1. The van der Waals surface area contributed by atoms with Crippen molar-refractivity contribution in [2.24, 2.45) is 5.92 Å². The molecular weight excluding hydrogens is 176 g/mol. The molecule has 0 aromatic carbocycles. The van der Waals surface area contributed by atoms with Gasteiger partial charge >= 0.3 is 0 Å². The maximum absolute atomic E-state index is 11.5. The predicted octanol–water partition coefficient (Wildman–Crippen LogP) is 3.16. The van der Waals surface area contributed by atoms with Gasteiger partial charge in [-0.25, -0.2) is 0 Å². The zero-order chi connectivity index (χ0) is 9.14. The summed E-state index contributed by atoms with van der Waals surface area (Å²) in [5, 5.41) is 0.195. The molecule has 0 aliphatic carbocycles. The molecule has 66 valence electrons. The molecule has 12 heavy (non-hydrogen) atoms. The number of carbonyl (C=O) groups excluding carboxylic acids is 1. The standard InChI is InChI=1S/C9H11ClO2/c1-3-6(2)8(11)7-4-5-12-9(7)10/h4-6H,3H2,1-2H3. The Hall–Kier alpha value is -0.760. The summed E-state index contributed by atoms with van der Waals surface area (Å²) < 4.78 is 4.82. The molecule has 3 heteroatoms. The van der Waals surface area contributed by atoms with Crippen LogP contribution in [-0.2, 0) is 0 Å². The first-order valence-corrected chi connectivity index (χ1v) is 4.31. The van der Waals surface area contributed by atoms with E-state index in [4.69, 9.17) is 16.0 Å². The van der Waals surface area contributed by atoms with Crippen molar-refractivity contribution in [2.75, 3.05) is 0 Å². The third kappa shape index (κ3) is 1.69. The molecular formula is C9H11ClO2. The minimum atomic E-state index is 0.0140. The molecule has 1 aromatic rings. The van der Waals surface area contributed by atoms with Crippen molar-refractivity contribution in [1.29, 1.82) is 0 Å². The minimum Gasteiger partial charge on any atom is -0.452 e. The summed E-state index contributed by atoms with van der Waals surface area (Å²) >= 11 is 5.65. The Bertz CT molecular complexity index is 278. The van der Waals surface area contributed by atoms with Crippen LogP contribution in [0.25, 0.3) is 0 Å². The lowest BCUT2D eigenvalue weighted by molar-refractivity contribution is 0.0927. The van der Waals surface area contributed by atoms with E-state index in [1.54, 1.807) is 6.07 Å². The summed E-state index contributed by atoms with van der Waals surface area (Å²) in [5.41, 5.74) is 0.492. The average molecular weight is 187 g/mol. The Morgan fingerprint density at radius 3 is 2.83 bits per heavy atom. The van der Waals surface area contributed by atoms with E-state index < -0.39 is 0 Å². The summed E-state index contributed by atoms with van der Waals surface area (Å²) in [6.07, 6.45) is 2.25. The van der Waals surface area contributed by atoms with Crippen molar-refractivity contribution >= 4 is 17.4 Å². The Balaban J connectivity index is 2.85. The van der Waals surface area contributed by atoms with Crippen molar-refractivity contribution in [3.8, 4) is 0 Å². The molecule has 0 amide bonds. The highest BCUT2D eigenvalue weighted by Crippen LogP contribution is 2.21. The van der Waals surface area contributed by atoms with Crippen molar-refractivity contribution in [1.82, 2.24) is 0 Å². The molecule has 0 aliphatic rings. The van der Waals surface area contributed by atoms with E-state index in [9.17, 15) is 4.79 Å². The highest BCUT2D eigenvalue weighted by atomic mass is 35.5. The van der Waals surface area contributed by atoms with Gasteiger partial charge in [-0.15, -0.1) is 0 Å². The van der Waals surface area contributed by atoms with Gasteiger partial charge < -0.3 is 4.42 Å². The van der Waals surface area contributed by atoms with Gasteiger partial charge in [0.25, 0.3) is 0 Å². The van der Waals surface area contributed by atoms with Gasteiger partial charge in [0.15, 0.2) is 5.78 Å². The molecule has 1 rings (SSSR count). The zero-order valence-corrected chi connectivity index (χ0v) is 7.89. The number of furan rings is 1. The Morgan fingerprint density at radius 2 is 2.42 bits per heavy atom. The second-order valence-electron chi connectivity index (χ2n) is 2.78. The van der Waals surface area contributed by atoms with Gasteiger partial charge in [0, 0.05) is 5.92 Å². The molecule has 0 saturated heterocycles. The van der Waals surface area contributed by atoms with E-state index in [1.807, 2.05) is 13.8 Å². The number of rotatable bonds is 3. The fraction of sp³-hybridized carbons (Fsp3) is 0.444. The van der Waals surface area contributed by atoms with E-state index in [0.717, 1.165) is 6.42 Å². The molecule has 1 atom stereocenters. The van der Waals surface area contributed by atoms with E-state index in [1.165, 1.54) is 6.26 Å². The summed E-state index contributed by atoms with van der Waals surface area (Å²) in [7, 11) is 0. The molecule has 0 saturated carbocycles. The van der Waals surface area contributed by atoms with Gasteiger partial charge in [-0.3, -0.25) is 4.79 Å². The van der Waals surface area contributed by atoms with E-state index >= 15 is 0 Å². The maximum Gasteiger partial charge on any atom is 0.203 e. The SMILES string of the molecule is CCC(C)C(=O)c1ccoc1Cl. The van der Waals surface area contributed by atoms with Crippen molar-refractivity contribution < 1.29 is 9.21 Å². The molecule has 1 heterocycles. The Labute approximate surface area is 76.5 Å². The number of hydrogen-bond acceptors (Lipinski definition) is 2. The van der Waals surface area contributed by atoms with Crippen LogP contribution < -0.4 is 0 Å². The van der Waals surface area contributed by atoms with Crippen LogP contribution in [0.15, 0.2) is 16.7 Å². The van der Waals surface area contributed by atoms with Gasteiger partial charge in [-0.1, -0.05) is 13.8 Å². The number of ketones is 1. The third-order valence-electron chi connectivity index (χ3n) is 1.94. The first-order valence-electron chi connectivity index (χ1n) is 3.94. The third-order valence-corrected chi connectivity index (χ3v) is 2.24. The van der Waals surface area contributed by atoms with Gasteiger partial charge in [0.05, 0.1) is 11.8 Å². The molecule has 1 aromatic heterocycles. The predicted molar refractivity (Wildman–Crippen MR) is 47.5 cm³/mol. The van der Waals surface area contributed by atoms with Gasteiger partial charge in [-0.2, -0.15) is 0 Å². The van der Waals surface area contributed by atoms with Crippen molar-refractivity contribution in [3.05, 3.63) is 23.1 Å². The molecule has 0 N–H and O–H groups in total. The summed E-state index contributed by atoms with van der Waals surface area (Å²) in [6.45, 7) is 3.85. The fourth-order valence-electron chi connectivity index (χ4n) is 0.921. The number of halogens is 1. The molecule has 0 bridgehead atoms. The lowest BCUT2D eigenvalue weighted by atomic mass is 9.99. The highest BCUT2D eigenvalue weighted by molar-refractivity contribution is 6.32. The van der Waals surface area contributed by atoms with Crippen molar-refractivity contribution in [2.45, 2.75) is 20.3 Å². The molecule has 0 fully saturated rings. The molecule has 0 spiro atoms. The Morgan fingerprint density at radius 1 is 1.75 bits per heavy atom. The average Bonchev–Trinajstić information content (AvgIpc) is 2.48. The second kappa shape index (κ2) is 3.76.